The van der Waals surface area contributed by atoms with E-state index in [-0.39, 0.29) is 11.9 Å². The van der Waals surface area contributed by atoms with Crippen molar-refractivity contribution in [2.75, 3.05) is 40.4 Å². The summed E-state index contributed by atoms with van der Waals surface area (Å²) in [5.41, 5.74) is 3.49. The summed E-state index contributed by atoms with van der Waals surface area (Å²) in [5, 5.41) is 0. The number of nitrogens with zero attached hydrogens (tertiary/aromatic N) is 2. The number of amides is 1. The second kappa shape index (κ2) is 10.3. The number of ether oxygens (including phenoxy) is 2. The first-order chi connectivity index (χ1) is 15.7. The van der Waals surface area contributed by atoms with Gasteiger partial charge in [0.25, 0.3) is 0 Å². The van der Waals surface area contributed by atoms with Crippen molar-refractivity contribution in [1.29, 1.82) is 0 Å². The second-order valence-electron chi connectivity index (χ2n) is 8.01. The Labute approximate surface area is 190 Å². The molecule has 1 amide bonds. The predicted molar refractivity (Wildman–Crippen MR) is 126 cm³/mol. The number of carbonyl (C=O) groups excluding carboxylic acids is 1. The average molecular weight is 431 g/mol. The van der Waals surface area contributed by atoms with E-state index in [0.29, 0.717) is 17.9 Å². The van der Waals surface area contributed by atoms with E-state index in [1.54, 1.807) is 14.2 Å². The van der Waals surface area contributed by atoms with E-state index in [0.717, 1.165) is 31.7 Å². The minimum atomic E-state index is 0.146. The molecule has 0 atom stereocenters. The molecule has 1 aliphatic rings. The van der Waals surface area contributed by atoms with Gasteiger partial charge in [0.1, 0.15) is 0 Å². The number of benzene rings is 3. The van der Waals surface area contributed by atoms with Crippen LogP contribution in [0, 0.1) is 0 Å². The normalized spacial score (nSPS) is 14.4. The zero-order valence-corrected chi connectivity index (χ0v) is 18.7. The Morgan fingerprint density at radius 1 is 0.781 bits per heavy atom. The first-order valence-corrected chi connectivity index (χ1v) is 11.0. The van der Waals surface area contributed by atoms with Gasteiger partial charge in [-0.1, -0.05) is 66.7 Å². The van der Waals surface area contributed by atoms with Crippen molar-refractivity contribution in [2.24, 2.45) is 0 Å². The van der Waals surface area contributed by atoms with Crippen LogP contribution in [0.1, 0.15) is 22.7 Å². The first kappa shape index (κ1) is 21.9. The van der Waals surface area contributed by atoms with Crippen LogP contribution in [0.5, 0.6) is 11.5 Å². The Morgan fingerprint density at radius 3 is 1.88 bits per heavy atom. The van der Waals surface area contributed by atoms with Gasteiger partial charge in [0.05, 0.1) is 26.7 Å². The fraction of sp³-hybridized carbons (Fsp3) is 0.296. The molecule has 5 nitrogen and oxygen atoms in total. The zero-order chi connectivity index (χ0) is 22.3. The lowest BCUT2D eigenvalue weighted by molar-refractivity contribution is -0.132. The summed E-state index contributed by atoms with van der Waals surface area (Å²) >= 11 is 0. The first-order valence-electron chi connectivity index (χ1n) is 11.0. The van der Waals surface area contributed by atoms with Crippen molar-refractivity contribution in [1.82, 2.24) is 9.80 Å². The van der Waals surface area contributed by atoms with Gasteiger partial charge in [0, 0.05) is 26.2 Å². The van der Waals surface area contributed by atoms with Gasteiger partial charge in [-0.2, -0.15) is 0 Å². The predicted octanol–water partition coefficient (Wildman–Crippen LogP) is 4.18. The van der Waals surface area contributed by atoms with Crippen LogP contribution >= 0.6 is 0 Å². The Bertz CT molecular complexity index is 976. The summed E-state index contributed by atoms with van der Waals surface area (Å²) in [5.74, 6) is 1.47. The van der Waals surface area contributed by atoms with Crippen LogP contribution in [-0.4, -0.2) is 56.1 Å². The molecular weight excluding hydrogens is 400 g/mol. The quantitative estimate of drug-likeness (QED) is 0.564. The van der Waals surface area contributed by atoms with Crippen LogP contribution in [-0.2, 0) is 11.2 Å². The lowest BCUT2D eigenvalue weighted by atomic mass is 9.96. The third kappa shape index (κ3) is 4.94. The third-order valence-corrected chi connectivity index (χ3v) is 6.07. The van der Waals surface area contributed by atoms with Gasteiger partial charge in [-0.3, -0.25) is 9.69 Å². The van der Waals surface area contributed by atoms with Crippen LogP contribution in [0.3, 0.4) is 0 Å². The van der Waals surface area contributed by atoms with E-state index in [1.165, 1.54) is 11.1 Å². The third-order valence-electron chi connectivity index (χ3n) is 6.07. The molecule has 32 heavy (non-hydrogen) atoms. The number of hydrogen-bond donors (Lipinski definition) is 0. The molecule has 1 aliphatic heterocycles. The van der Waals surface area contributed by atoms with Crippen molar-refractivity contribution in [3.63, 3.8) is 0 Å². The second-order valence-corrected chi connectivity index (χ2v) is 8.01. The Morgan fingerprint density at radius 2 is 1.34 bits per heavy atom. The average Bonchev–Trinajstić information content (AvgIpc) is 2.86. The van der Waals surface area contributed by atoms with Crippen molar-refractivity contribution in [2.45, 2.75) is 12.5 Å². The van der Waals surface area contributed by atoms with Gasteiger partial charge in [-0.25, -0.2) is 0 Å². The fourth-order valence-electron chi connectivity index (χ4n) is 4.39. The molecule has 1 heterocycles. The highest BCUT2D eigenvalue weighted by atomic mass is 16.5. The van der Waals surface area contributed by atoms with Crippen LogP contribution in [0.25, 0.3) is 0 Å². The van der Waals surface area contributed by atoms with Gasteiger partial charge in [0.2, 0.25) is 5.91 Å². The summed E-state index contributed by atoms with van der Waals surface area (Å²) in [6, 6.07) is 27.1. The van der Waals surface area contributed by atoms with Gasteiger partial charge in [0.15, 0.2) is 11.5 Å². The van der Waals surface area contributed by atoms with Crippen LogP contribution in [0.2, 0.25) is 0 Å². The summed E-state index contributed by atoms with van der Waals surface area (Å²) in [4.78, 5) is 17.4. The van der Waals surface area contributed by atoms with Gasteiger partial charge >= 0.3 is 0 Å². The molecule has 0 N–H and O–H groups in total. The molecule has 0 radical (unpaired) electrons. The van der Waals surface area contributed by atoms with Crippen LogP contribution in [0.15, 0.2) is 78.9 Å². The molecule has 0 spiro atoms. The van der Waals surface area contributed by atoms with E-state index in [2.05, 4.69) is 65.6 Å². The minimum absolute atomic E-state index is 0.146. The van der Waals surface area contributed by atoms with E-state index < -0.39 is 0 Å². The molecule has 0 bridgehead atoms. The molecule has 1 saturated heterocycles. The smallest absolute Gasteiger partial charge is 0.227 e. The molecular formula is C27H30N2O3. The van der Waals surface area contributed by atoms with E-state index in [1.807, 2.05) is 23.1 Å². The highest BCUT2D eigenvalue weighted by molar-refractivity contribution is 5.79. The Kier molecular flexibility index (Phi) is 7.07. The van der Waals surface area contributed by atoms with Crippen LogP contribution in [0.4, 0.5) is 0 Å². The topological polar surface area (TPSA) is 42.0 Å². The van der Waals surface area contributed by atoms with Crippen molar-refractivity contribution in [3.05, 3.63) is 95.6 Å². The standard InChI is InChI=1S/C27H30N2O3/c1-31-24-14-13-21(19-25(24)32-2)20-26(30)28-15-17-29(18-16-28)27(22-9-5-3-6-10-22)23-11-7-4-8-12-23/h3-14,19,27H,15-18,20H2,1-2H3. The van der Waals surface area contributed by atoms with Gasteiger partial charge in [-0.15, -0.1) is 0 Å². The molecule has 3 aromatic carbocycles. The largest absolute Gasteiger partial charge is 0.493 e. The number of piperazine rings is 1. The maximum absolute atomic E-state index is 13.0. The van der Waals surface area contributed by atoms with Gasteiger partial charge < -0.3 is 14.4 Å². The van der Waals surface area contributed by atoms with Crippen molar-refractivity contribution in [3.8, 4) is 11.5 Å². The molecule has 166 valence electrons. The molecule has 1 fully saturated rings. The highest BCUT2D eigenvalue weighted by Gasteiger charge is 2.28. The summed E-state index contributed by atoms with van der Waals surface area (Å²) in [6.45, 7) is 3.13. The number of carbonyl (C=O) groups is 1. The SMILES string of the molecule is COc1ccc(CC(=O)N2CCN(C(c3ccccc3)c3ccccc3)CC2)cc1OC. The number of hydrogen-bond acceptors (Lipinski definition) is 4. The lowest BCUT2D eigenvalue weighted by Crippen LogP contribution is -2.50. The van der Waals surface area contributed by atoms with E-state index in [9.17, 15) is 4.79 Å². The molecule has 3 aromatic rings. The monoisotopic (exact) mass is 430 g/mol. The number of rotatable bonds is 7. The number of methoxy groups -OCH3 is 2. The van der Waals surface area contributed by atoms with E-state index in [4.69, 9.17) is 9.47 Å². The summed E-state index contributed by atoms with van der Waals surface area (Å²) in [7, 11) is 3.22. The molecule has 0 aromatic heterocycles. The molecule has 0 saturated carbocycles. The minimum Gasteiger partial charge on any atom is -0.493 e. The van der Waals surface area contributed by atoms with Gasteiger partial charge in [-0.05, 0) is 28.8 Å². The molecule has 0 unspecified atom stereocenters. The summed E-state index contributed by atoms with van der Waals surface area (Å²) < 4.78 is 10.7. The molecule has 5 heteroatoms. The zero-order valence-electron chi connectivity index (χ0n) is 18.7. The Hall–Kier alpha value is -3.31. The summed E-state index contributed by atoms with van der Waals surface area (Å²) in [6.07, 6.45) is 0.362. The highest BCUT2D eigenvalue weighted by Crippen LogP contribution is 2.30. The maximum Gasteiger partial charge on any atom is 0.227 e. The maximum atomic E-state index is 13.0. The van der Waals surface area contributed by atoms with Crippen molar-refractivity contribution < 1.29 is 14.3 Å². The molecule has 4 rings (SSSR count). The molecule has 0 aliphatic carbocycles. The fourth-order valence-corrected chi connectivity index (χ4v) is 4.39. The van der Waals surface area contributed by atoms with Crippen LogP contribution < -0.4 is 9.47 Å². The van der Waals surface area contributed by atoms with Crippen molar-refractivity contribution >= 4 is 5.91 Å². The Balaban J connectivity index is 1.43. The lowest BCUT2D eigenvalue weighted by Gasteiger charge is -2.40. The van der Waals surface area contributed by atoms with E-state index >= 15 is 0 Å².